The molecule has 2 rings (SSSR count). The van der Waals surface area contributed by atoms with Crippen LogP contribution in [-0.4, -0.2) is 36.3 Å². The van der Waals surface area contributed by atoms with Gasteiger partial charge in [0, 0.05) is 26.7 Å². The van der Waals surface area contributed by atoms with E-state index in [-0.39, 0.29) is 6.61 Å². The Bertz CT molecular complexity index is 323. The SMILES string of the molecule is COC1CCN(Cc2ccc(CO)cc2)C1. The molecule has 1 heterocycles. The fourth-order valence-corrected chi connectivity index (χ4v) is 2.14. The maximum atomic E-state index is 8.95. The van der Waals surface area contributed by atoms with Crippen LogP contribution in [0, 0.1) is 0 Å². The first-order valence-corrected chi connectivity index (χ1v) is 5.75. The quantitative estimate of drug-likeness (QED) is 0.834. The summed E-state index contributed by atoms with van der Waals surface area (Å²) in [6, 6.07) is 8.15. The smallest absolute Gasteiger partial charge is 0.0710 e. The molecule has 1 atom stereocenters. The third-order valence-corrected chi connectivity index (χ3v) is 3.17. The summed E-state index contributed by atoms with van der Waals surface area (Å²) in [4.78, 5) is 2.40. The minimum atomic E-state index is 0.121. The lowest BCUT2D eigenvalue weighted by Gasteiger charge is -2.15. The first-order chi connectivity index (χ1) is 7.81. The highest BCUT2D eigenvalue weighted by molar-refractivity contribution is 5.21. The summed E-state index contributed by atoms with van der Waals surface area (Å²) < 4.78 is 5.34. The summed E-state index contributed by atoms with van der Waals surface area (Å²) >= 11 is 0. The van der Waals surface area contributed by atoms with Crippen molar-refractivity contribution in [3.8, 4) is 0 Å². The summed E-state index contributed by atoms with van der Waals surface area (Å²) in [5.41, 5.74) is 2.27. The number of hydrogen-bond acceptors (Lipinski definition) is 3. The first-order valence-electron chi connectivity index (χ1n) is 5.75. The van der Waals surface area contributed by atoms with Gasteiger partial charge in [0.2, 0.25) is 0 Å². The van der Waals surface area contributed by atoms with Gasteiger partial charge in [-0.2, -0.15) is 0 Å². The van der Waals surface area contributed by atoms with Crippen LogP contribution in [0.25, 0.3) is 0 Å². The monoisotopic (exact) mass is 221 g/mol. The maximum Gasteiger partial charge on any atom is 0.0710 e. The van der Waals surface area contributed by atoms with Gasteiger partial charge in [-0.05, 0) is 17.5 Å². The molecular formula is C13H19NO2. The molecule has 0 spiro atoms. The van der Waals surface area contributed by atoms with Gasteiger partial charge in [-0.1, -0.05) is 24.3 Å². The Morgan fingerprint density at radius 1 is 1.31 bits per heavy atom. The van der Waals surface area contributed by atoms with Crippen molar-refractivity contribution in [2.45, 2.75) is 25.7 Å². The summed E-state index contributed by atoms with van der Waals surface area (Å²) in [7, 11) is 1.78. The zero-order chi connectivity index (χ0) is 11.4. The van der Waals surface area contributed by atoms with Gasteiger partial charge in [0.25, 0.3) is 0 Å². The molecule has 88 valence electrons. The Hall–Kier alpha value is -0.900. The van der Waals surface area contributed by atoms with E-state index < -0.39 is 0 Å². The van der Waals surface area contributed by atoms with Crippen LogP contribution in [-0.2, 0) is 17.9 Å². The van der Waals surface area contributed by atoms with E-state index in [1.165, 1.54) is 5.56 Å². The Kier molecular flexibility index (Phi) is 3.93. The number of hydrogen-bond donors (Lipinski definition) is 1. The van der Waals surface area contributed by atoms with Crippen LogP contribution >= 0.6 is 0 Å². The van der Waals surface area contributed by atoms with Gasteiger partial charge >= 0.3 is 0 Å². The second-order valence-electron chi connectivity index (χ2n) is 4.36. The molecule has 3 nitrogen and oxygen atoms in total. The van der Waals surface area contributed by atoms with Gasteiger partial charge in [0.05, 0.1) is 12.7 Å². The van der Waals surface area contributed by atoms with Gasteiger partial charge < -0.3 is 9.84 Å². The minimum absolute atomic E-state index is 0.121. The van der Waals surface area contributed by atoms with E-state index in [1.807, 2.05) is 12.1 Å². The predicted octanol–water partition coefficient (Wildman–Crippen LogP) is 1.40. The highest BCUT2D eigenvalue weighted by Crippen LogP contribution is 2.15. The molecule has 1 aliphatic heterocycles. The van der Waals surface area contributed by atoms with Gasteiger partial charge in [-0.3, -0.25) is 4.90 Å². The first kappa shape index (κ1) is 11.6. The summed E-state index contributed by atoms with van der Waals surface area (Å²) in [6.45, 7) is 3.24. The van der Waals surface area contributed by atoms with E-state index >= 15 is 0 Å². The second kappa shape index (κ2) is 5.43. The lowest BCUT2D eigenvalue weighted by atomic mass is 10.1. The van der Waals surface area contributed by atoms with Crippen molar-refractivity contribution in [3.63, 3.8) is 0 Å². The molecular weight excluding hydrogens is 202 g/mol. The predicted molar refractivity (Wildman–Crippen MR) is 63.1 cm³/mol. The second-order valence-corrected chi connectivity index (χ2v) is 4.36. The van der Waals surface area contributed by atoms with Crippen LogP contribution in [0.1, 0.15) is 17.5 Å². The number of aliphatic hydroxyl groups excluding tert-OH is 1. The lowest BCUT2D eigenvalue weighted by Crippen LogP contribution is -2.22. The van der Waals surface area contributed by atoms with Gasteiger partial charge in [-0.15, -0.1) is 0 Å². The van der Waals surface area contributed by atoms with Crippen LogP contribution in [0.15, 0.2) is 24.3 Å². The zero-order valence-electron chi connectivity index (χ0n) is 9.72. The van der Waals surface area contributed by atoms with E-state index in [9.17, 15) is 0 Å². The molecule has 0 radical (unpaired) electrons. The van der Waals surface area contributed by atoms with Crippen molar-refractivity contribution < 1.29 is 9.84 Å². The van der Waals surface area contributed by atoms with Crippen molar-refractivity contribution in [2.75, 3.05) is 20.2 Å². The van der Waals surface area contributed by atoms with Crippen molar-refractivity contribution >= 4 is 0 Å². The van der Waals surface area contributed by atoms with E-state index in [1.54, 1.807) is 7.11 Å². The van der Waals surface area contributed by atoms with Crippen LogP contribution in [0.3, 0.4) is 0 Å². The summed E-state index contributed by atoms with van der Waals surface area (Å²) in [5.74, 6) is 0. The molecule has 16 heavy (non-hydrogen) atoms. The summed E-state index contributed by atoms with van der Waals surface area (Å²) in [6.07, 6.45) is 1.53. The molecule has 0 aromatic heterocycles. The van der Waals surface area contributed by atoms with Crippen molar-refractivity contribution in [1.29, 1.82) is 0 Å². The molecule has 1 aromatic carbocycles. The fraction of sp³-hybridized carbons (Fsp3) is 0.538. The van der Waals surface area contributed by atoms with E-state index in [4.69, 9.17) is 9.84 Å². The van der Waals surface area contributed by atoms with Gasteiger partial charge in [0.15, 0.2) is 0 Å². The minimum Gasteiger partial charge on any atom is -0.392 e. The van der Waals surface area contributed by atoms with E-state index in [2.05, 4.69) is 17.0 Å². The number of aliphatic hydroxyl groups is 1. The molecule has 1 N–H and O–H groups in total. The fourth-order valence-electron chi connectivity index (χ4n) is 2.14. The van der Waals surface area contributed by atoms with Crippen molar-refractivity contribution in [1.82, 2.24) is 4.90 Å². The molecule has 1 saturated heterocycles. The molecule has 1 unspecified atom stereocenters. The Balaban J connectivity index is 1.89. The standard InChI is InChI=1S/C13H19NO2/c1-16-13-6-7-14(9-13)8-11-2-4-12(10-15)5-3-11/h2-5,13,15H,6-10H2,1H3. The number of benzene rings is 1. The maximum absolute atomic E-state index is 8.95. The number of likely N-dealkylation sites (tertiary alicyclic amines) is 1. The average Bonchev–Trinajstić information content (AvgIpc) is 2.78. The normalized spacial score (nSPS) is 21.5. The molecule has 0 amide bonds. The average molecular weight is 221 g/mol. The van der Waals surface area contributed by atoms with E-state index in [0.717, 1.165) is 31.6 Å². The number of methoxy groups -OCH3 is 1. The number of rotatable bonds is 4. The van der Waals surface area contributed by atoms with Crippen LogP contribution in [0.4, 0.5) is 0 Å². The largest absolute Gasteiger partial charge is 0.392 e. The Labute approximate surface area is 96.6 Å². The third-order valence-electron chi connectivity index (χ3n) is 3.17. The lowest BCUT2D eigenvalue weighted by molar-refractivity contribution is 0.107. The van der Waals surface area contributed by atoms with Gasteiger partial charge in [0.1, 0.15) is 0 Å². The van der Waals surface area contributed by atoms with Crippen molar-refractivity contribution in [3.05, 3.63) is 35.4 Å². The highest BCUT2D eigenvalue weighted by Gasteiger charge is 2.21. The molecule has 0 saturated carbocycles. The molecule has 1 aromatic rings. The Morgan fingerprint density at radius 3 is 2.56 bits per heavy atom. The van der Waals surface area contributed by atoms with Crippen LogP contribution in [0.5, 0.6) is 0 Å². The van der Waals surface area contributed by atoms with Gasteiger partial charge in [-0.25, -0.2) is 0 Å². The molecule has 0 bridgehead atoms. The topological polar surface area (TPSA) is 32.7 Å². The summed E-state index contributed by atoms with van der Waals surface area (Å²) in [5, 5.41) is 8.95. The highest BCUT2D eigenvalue weighted by atomic mass is 16.5. The van der Waals surface area contributed by atoms with E-state index in [0.29, 0.717) is 6.10 Å². The van der Waals surface area contributed by atoms with Crippen LogP contribution in [0.2, 0.25) is 0 Å². The number of nitrogens with zero attached hydrogens (tertiary/aromatic N) is 1. The molecule has 0 aliphatic carbocycles. The zero-order valence-corrected chi connectivity index (χ0v) is 9.72. The molecule has 1 aliphatic rings. The number of ether oxygens (including phenoxy) is 1. The molecule has 3 heteroatoms. The Morgan fingerprint density at radius 2 is 2.00 bits per heavy atom. The van der Waals surface area contributed by atoms with Crippen molar-refractivity contribution in [2.24, 2.45) is 0 Å². The molecule has 1 fully saturated rings. The van der Waals surface area contributed by atoms with Crippen LogP contribution < -0.4 is 0 Å². The third kappa shape index (κ3) is 2.82.